The Kier molecular flexibility index (Phi) is 10.2. The molecule has 3 aromatic heterocycles. The van der Waals surface area contributed by atoms with Crippen LogP contribution in [0.15, 0.2) is 78.1 Å². The van der Waals surface area contributed by atoms with E-state index in [2.05, 4.69) is 20.4 Å². The van der Waals surface area contributed by atoms with Gasteiger partial charge in [-0.05, 0) is 54.8 Å². The molecule has 3 heterocycles. The molecule has 0 saturated heterocycles. The van der Waals surface area contributed by atoms with E-state index in [0.29, 0.717) is 40.8 Å². The van der Waals surface area contributed by atoms with Gasteiger partial charge in [0.1, 0.15) is 29.0 Å². The summed E-state index contributed by atoms with van der Waals surface area (Å²) in [7, 11) is 1.12. The largest absolute Gasteiger partial charge is 0.497 e. The van der Waals surface area contributed by atoms with E-state index >= 15 is 0 Å². The molecule has 7 rings (SSSR count). The Hall–Kier alpha value is -4.83. The minimum absolute atomic E-state index is 0. The Bertz CT molecular complexity index is 2380. The third-order valence-electron chi connectivity index (χ3n) is 8.74. The van der Waals surface area contributed by atoms with Crippen LogP contribution in [0.2, 0.25) is 0 Å². The maximum absolute atomic E-state index is 14.4. The predicted octanol–water partition coefficient (Wildman–Crippen LogP) is 5.43. The van der Waals surface area contributed by atoms with Crippen LogP contribution in [0.4, 0.5) is 15.9 Å². The minimum atomic E-state index is -3.93. The van der Waals surface area contributed by atoms with E-state index in [4.69, 9.17) is 14.5 Å². The van der Waals surface area contributed by atoms with Crippen LogP contribution >= 0.6 is 0 Å². The summed E-state index contributed by atoms with van der Waals surface area (Å²) in [6.07, 6.45) is 7.65. The van der Waals surface area contributed by atoms with Gasteiger partial charge in [0.15, 0.2) is 9.84 Å². The molecule has 12 nitrogen and oxygen atoms in total. The Morgan fingerprint density at radius 2 is 1.76 bits per heavy atom. The second-order valence-electron chi connectivity index (χ2n) is 12.3. The van der Waals surface area contributed by atoms with E-state index in [-0.39, 0.29) is 52.5 Å². The molecule has 4 radical (unpaired) electrons. The first-order valence-corrected chi connectivity index (χ1v) is 17.8. The number of hydrogen-bond acceptors (Lipinski definition) is 10. The van der Waals surface area contributed by atoms with E-state index in [0.717, 1.165) is 53.1 Å². The Balaban J connectivity index is 0.00000448. The summed E-state index contributed by atoms with van der Waals surface area (Å²) in [5, 5.41) is 9.56. The smallest absolute Gasteiger partial charge is 0.261 e. The third-order valence-corrected chi connectivity index (χ3v) is 9.87. The number of carbonyl (C=O) groups excluding carboxylic acids is 1. The van der Waals surface area contributed by atoms with Crippen molar-refractivity contribution in [3.63, 3.8) is 0 Å². The molecule has 51 heavy (non-hydrogen) atoms. The summed E-state index contributed by atoms with van der Waals surface area (Å²) in [5.74, 6) is 1.62. The number of aryl methyl sites for hydroxylation is 1. The first-order chi connectivity index (χ1) is 24.0. The topological polar surface area (TPSA) is 141 Å². The number of pyridine rings is 1. The van der Waals surface area contributed by atoms with Gasteiger partial charge in [0.05, 0.1) is 59.5 Å². The standard InChI is InChI=1S/C36H34FN7O5S.Sn/c1-43-33-27-11-5-21(13-29(27)42-35(28(33)19-41-43)40-16-23-8-10-26(48-2)15-31(23)49-3)20-44(30-12-9-25(37)14-32(30)50(4,46)47)36(45)24-17-38-34(39-18-24)22-6-7-22;/h5,8-15,17-19,22H,6-7,16,20H2,1-4H3,(H,40,42);. The first kappa shape index (κ1) is 36.0. The van der Waals surface area contributed by atoms with Gasteiger partial charge >= 0.3 is 0 Å². The Labute approximate surface area is 310 Å². The molecule has 0 atom stereocenters. The van der Waals surface area contributed by atoms with Crippen molar-refractivity contribution in [2.45, 2.75) is 36.7 Å². The molecule has 1 aliphatic rings. The van der Waals surface area contributed by atoms with Crippen molar-refractivity contribution >= 4 is 73.0 Å². The quantitative estimate of drug-likeness (QED) is 0.169. The van der Waals surface area contributed by atoms with Crippen LogP contribution in [0.5, 0.6) is 11.5 Å². The van der Waals surface area contributed by atoms with Crippen LogP contribution in [0.3, 0.4) is 0 Å². The summed E-state index contributed by atoms with van der Waals surface area (Å²) in [5.41, 5.74) is 3.23. The first-order valence-electron chi connectivity index (χ1n) is 15.9. The molecule has 6 aromatic rings. The monoisotopic (exact) mass is 815 g/mol. The number of fused-ring (bicyclic) bond motifs is 3. The molecule has 1 amide bonds. The van der Waals surface area contributed by atoms with Crippen LogP contribution in [0.1, 0.15) is 46.1 Å². The van der Waals surface area contributed by atoms with Crippen molar-refractivity contribution < 1.29 is 27.1 Å². The van der Waals surface area contributed by atoms with Gasteiger partial charge in [-0.3, -0.25) is 9.48 Å². The van der Waals surface area contributed by atoms with E-state index in [9.17, 15) is 17.6 Å². The fourth-order valence-corrected chi connectivity index (χ4v) is 6.89. The number of nitrogens with one attached hydrogen (secondary N) is 1. The summed E-state index contributed by atoms with van der Waals surface area (Å²) >= 11 is 0. The van der Waals surface area contributed by atoms with E-state index < -0.39 is 21.6 Å². The van der Waals surface area contributed by atoms with Crippen molar-refractivity contribution in [1.82, 2.24) is 24.7 Å². The summed E-state index contributed by atoms with van der Waals surface area (Å²) in [6.45, 7) is 0.350. The number of hydrogen-bond donors (Lipinski definition) is 1. The number of nitrogens with zero attached hydrogens (tertiary/aromatic N) is 6. The molecule has 1 saturated carbocycles. The maximum Gasteiger partial charge on any atom is 0.261 e. The molecule has 260 valence electrons. The fourth-order valence-electron chi connectivity index (χ4n) is 6.00. The Morgan fingerprint density at radius 1 is 1.00 bits per heavy atom. The minimum Gasteiger partial charge on any atom is -0.497 e. The van der Waals surface area contributed by atoms with Gasteiger partial charge < -0.3 is 19.7 Å². The van der Waals surface area contributed by atoms with Gasteiger partial charge in [-0.25, -0.2) is 27.8 Å². The SMILES string of the molecule is COc1ccc(CNc2nc3cc(CN(C(=O)c4cnc(C5CC5)nc4)c4ccc(F)cc4S(C)(=O)=O)ccc3c3c2cnn3C)c(OC)c1.[Sn]. The predicted molar refractivity (Wildman–Crippen MR) is 193 cm³/mol. The number of carbonyl (C=O) groups is 1. The third kappa shape index (κ3) is 7.33. The van der Waals surface area contributed by atoms with Crippen molar-refractivity contribution in [2.75, 3.05) is 30.7 Å². The van der Waals surface area contributed by atoms with E-state index in [1.807, 2.05) is 43.4 Å². The average molecular weight is 814 g/mol. The zero-order valence-corrected chi connectivity index (χ0v) is 32.0. The van der Waals surface area contributed by atoms with Gasteiger partial charge in [0.2, 0.25) is 0 Å². The number of anilines is 2. The number of sulfone groups is 1. The second-order valence-corrected chi connectivity index (χ2v) is 14.2. The zero-order chi connectivity index (χ0) is 35.2. The van der Waals surface area contributed by atoms with Crippen LogP contribution in [-0.2, 0) is 30.0 Å². The number of aromatic nitrogens is 5. The van der Waals surface area contributed by atoms with E-state index in [1.54, 1.807) is 25.1 Å². The molecule has 0 bridgehead atoms. The van der Waals surface area contributed by atoms with Crippen molar-refractivity contribution in [1.29, 1.82) is 0 Å². The molecular weight excluding hydrogens is 780 g/mol. The fraction of sp³-hybridized carbons (Fsp3) is 0.250. The van der Waals surface area contributed by atoms with Crippen LogP contribution in [0.25, 0.3) is 21.8 Å². The second kappa shape index (κ2) is 14.4. The van der Waals surface area contributed by atoms with Crippen molar-refractivity contribution in [3.05, 3.63) is 102 Å². The van der Waals surface area contributed by atoms with E-state index in [1.165, 1.54) is 23.4 Å². The van der Waals surface area contributed by atoms with Gasteiger partial charge in [0, 0.05) is 79.1 Å². The van der Waals surface area contributed by atoms with Crippen LogP contribution < -0.4 is 19.7 Å². The van der Waals surface area contributed by atoms with Gasteiger partial charge in [-0.2, -0.15) is 5.10 Å². The van der Waals surface area contributed by atoms with Crippen molar-refractivity contribution in [3.8, 4) is 11.5 Å². The van der Waals surface area contributed by atoms with Crippen LogP contribution in [-0.4, -0.2) is 83.4 Å². The maximum atomic E-state index is 14.4. The summed E-state index contributed by atoms with van der Waals surface area (Å²) in [6, 6.07) is 14.5. The average Bonchev–Trinajstić information content (AvgIpc) is 3.90. The zero-order valence-electron chi connectivity index (χ0n) is 28.3. The molecule has 1 N–H and O–H groups in total. The number of halogens is 1. The van der Waals surface area contributed by atoms with Gasteiger partial charge in [-0.15, -0.1) is 0 Å². The molecule has 0 spiro atoms. The number of methoxy groups -OCH3 is 2. The molecule has 3 aromatic carbocycles. The Morgan fingerprint density at radius 3 is 2.45 bits per heavy atom. The normalized spacial score (nSPS) is 12.8. The van der Waals surface area contributed by atoms with Gasteiger partial charge in [-0.1, -0.05) is 12.1 Å². The molecule has 0 aliphatic heterocycles. The number of ether oxygens (including phenoxy) is 2. The van der Waals surface area contributed by atoms with Crippen molar-refractivity contribution in [2.24, 2.45) is 7.05 Å². The van der Waals surface area contributed by atoms with Gasteiger partial charge in [0.25, 0.3) is 5.91 Å². The number of rotatable bonds is 11. The van der Waals surface area contributed by atoms with Crippen LogP contribution in [0, 0.1) is 5.82 Å². The molecular formula is C36H34FN7O5SSn. The molecule has 1 fully saturated rings. The number of benzene rings is 3. The number of amides is 1. The molecule has 1 aliphatic carbocycles. The molecule has 15 heteroatoms. The molecule has 0 unspecified atom stereocenters. The summed E-state index contributed by atoms with van der Waals surface area (Å²) in [4.78, 5) is 28.9. The summed E-state index contributed by atoms with van der Waals surface area (Å²) < 4.78 is 52.8.